The first-order valence-electron chi connectivity index (χ1n) is 6.68. The summed E-state index contributed by atoms with van der Waals surface area (Å²) in [7, 11) is 0. The third-order valence-corrected chi connectivity index (χ3v) is 3.78. The lowest BCUT2D eigenvalue weighted by atomic mass is 9.90. The SMILES string of the molecule is c1ncc2nc(-c3ccc4c(c3)CCCC4)[nH]c2n1. The molecule has 4 nitrogen and oxygen atoms in total. The Morgan fingerprint density at radius 3 is 2.84 bits per heavy atom. The first-order chi connectivity index (χ1) is 9.40. The van der Waals surface area contributed by atoms with Crippen LogP contribution in [0.4, 0.5) is 0 Å². The van der Waals surface area contributed by atoms with Gasteiger partial charge in [-0.1, -0.05) is 12.1 Å². The summed E-state index contributed by atoms with van der Waals surface area (Å²) in [6.45, 7) is 0. The Morgan fingerprint density at radius 2 is 1.95 bits per heavy atom. The number of aryl methyl sites for hydroxylation is 2. The van der Waals surface area contributed by atoms with Crippen LogP contribution in [0, 0.1) is 0 Å². The lowest BCUT2D eigenvalue weighted by Crippen LogP contribution is -2.02. The van der Waals surface area contributed by atoms with Crippen molar-refractivity contribution in [3.05, 3.63) is 41.9 Å². The van der Waals surface area contributed by atoms with Gasteiger partial charge in [-0.2, -0.15) is 0 Å². The van der Waals surface area contributed by atoms with Crippen LogP contribution in [0.15, 0.2) is 30.7 Å². The van der Waals surface area contributed by atoms with E-state index in [1.54, 1.807) is 6.20 Å². The molecule has 0 unspecified atom stereocenters. The number of aromatic amines is 1. The highest BCUT2D eigenvalue weighted by molar-refractivity contribution is 5.75. The molecule has 0 radical (unpaired) electrons. The number of imidazole rings is 1. The van der Waals surface area contributed by atoms with E-state index in [1.165, 1.54) is 43.1 Å². The maximum Gasteiger partial charge on any atom is 0.161 e. The van der Waals surface area contributed by atoms with E-state index in [9.17, 15) is 0 Å². The van der Waals surface area contributed by atoms with Crippen molar-refractivity contribution in [3.63, 3.8) is 0 Å². The molecule has 0 aliphatic heterocycles. The number of H-pyrrole nitrogens is 1. The van der Waals surface area contributed by atoms with Crippen molar-refractivity contribution < 1.29 is 0 Å². The van der Waals surface area contributed by atoms with Crippen molar-refractivity contribution >= 4 is 11.2 Å². The zero-order valence-electron chi connectivity index (χ0n) is 10.6. The van der Waals surface area contributed by atoms with Gasteiger partial charge in [-0.25, -0.2) is 15.0 Å². The molecule has 94 valence electrons. The summed E-state index contributed by atoms with van der Waals surface area (Å²) in [6, 6.07) is 6.65. The number of nitrogens with one attached hydrogen (secondary N) is 1. The van der Waals surface area contributed by atoms with Crippen LogP contribution in [-0.4, -0.2) is 19.9 Å². The van der Waals surface area contributed by atoms with Gasteiger partial charge >= 0.3 is 0 Å². The van der Waals surface area contributed by atoms with Crippen molar-refractivity contribution in [1.29, 1.82) is 0 Å². The molecule has 1 N–H and O–H groups in total. The van der Waals surface area contributed by atoms with E-state index in [4.69, 9.17) is 0 Å². The van der Waals surface area contributed by atoms with Gasteiger partial charge in [0.15, 0.2) is 5.65 Å². The van der Waals surface area contributed by atoms with E-state index in [-0.39, 0.29) is 0 Å². The topological polar surface area (TPSA) is 54.5 Å². The third kappa shape index (κ3) is 1.80. The minimum atomic E-state index is 0.794. The zero-order chi connectivity index (χ0) is 12.7. The van der Waals surface area contributed by atoms with Crippen LogP contribution in [0.1, 0.15) is 24.0 Å². The number of hydrogen-bond acceptors (Lipinski definition) is 3. The van der Waals surface area contributed by atoms with Gasteiger partial charge in [0.2, 0.25) is 0 Å². The molecule has 1 aromatic carbocycles. The van der Waals surface area contributed by atoms with Crippen molar-refractivity contribution in [3.8, 4) is 11.4 Å². The third-order valence-electron chi connectivity index (χ3n) is 3.78. The molecule has 4 heteroatoms. The predicted octanol–water partition coefficient (Wildman–Crippen LogP) is 2.90. The molecule has 0 spiro atoms. The summed E-state index contributed by atoms with van der Waals surface area (Å²) in [5.74, 6) is 0.879. The lowest BCUT2D eigenvalue weighted by Gasteiger charge is -2.15. The maximum atomic E-state index is 4.55. The molecule has 0 fully saturated rings. The van der Waals surface area contributed by atoms with Gasteiger partial charge < -0.3 is 4.98 Å². The van der Waals surface area contributed by atoms with Crippen LogP contribution >= 0.6 is 0 Å². The molecule has 0 amide bonds. The van der Waals surface area contributed by atoms with Gasteiger partial charge in [0.05, 0.1) is 6.20 Å². The first kappa shape index (κ1) is 10.7. The molecule has 2 heterocycles. The Labute approximate surface area is 110 Å². The molecule has 0 saturated heterocycles. The normalized spacial score (nSPS) is 14.5. The highest BCUT2D eigenvalue weighted by Gasteiger charge is 2.12. The van der Waals surface area contributed by atoms with Gasteiger partial charge in [-0.15, -0.1) is 0 Å². The number of hydrogen-bond donors (Lipinski definition) is 1. The molecule has 19 heavy (non-hydrogen) atoms. The van der Waals surface area contributed by atoms with E-state index >= 15 is 0 Å². The lowest BCUT2D eigenvalue weighted by molar-refractivity contribution is 0.686. The minimum Gasteiger partial charge on any atom is -0.323 e. The highest BCUT2D eigenvalue weighted by Crippen LogP contribution is 2.26. The van der Waals surface area contributed by atoms with E-state index in [0.717, 1.165) is 22.6 Å². The van der Waals surface area contributed by atoms with Crippen LogP contribution in [-0.2, 0) is 12.8 Å². The second kappa shape index (κ2) is 4.16. The summed E-state index contributed by atoms with van der Waals surface area (Å²) in [5.41, 5.74) is 5.71. The second-order valence-corrected chi connectivity index (χ2v) is 5.03. The average molecular weight is 250 g/mol. The molecule has 0 bridgehead atoms. The highest BCUT2D eigenvalue weighted by atomic mass is 15.0. The summed E-state index contributed by atoms with van der Waals surface area (Å²) in [5, 5.41) is 0. The van der Waals surface area contributed by atoms with Crippen molar-refractivity contribution in [2.75, 3.05) is 0 Å². The summed E-state index contributed by atoms with van der Waals surface area (Å²) in [6.07, 6.45) is 8.27. The Balaban J connectivity index is 1.83. The van der Waals surface area contributed by atoms with Crippen molar-refractivity contribution in [2.45, 2.75) is 25.7 Å². The standard InChI is InChI=1S/C15H14N4/c1-2-4-11-7-12(6-5-10(11)3-1)14-18-13-8-16-9-17-15(13)19-14/h5-9H,1-4H2,(H,16,17,18,19). The fourth-order valence-corrected chi connectivity index (χ4v) is 2.78. The Kier molecular flexibility index (Phi) is 2.33. The molecular formula is C15H14N4. The van der Waals surface area contributed by atoms with Crippen LogP contribution < -0.4 is 0 Å². The van der Waals surface area contributed by atoms with Crippen LogP contribution in [0.25, 0.3) is 22.6 Å². The van der Waals surface area contributed by atoms with Crippen molar-refractivity contribution in [2.24, 2.45) is 0 Å². The average Bonchev–Trinajstić information content (AvgIpc) is 2.90. The Bertz CT molecular complexity index is 712. The molecular weight excluding hydrogens is 236 g/mol. The first-order valence-corrected chi connectivity index (χ1v) is 6.68. The smallest absolute Gasteiger partial charge is 0.161 e. The van der Waals surface area contributed by atoms with E-state index in [0.29, 0.717) is 0 Å². The quantitative estimate of drug-likeness (QED) is 0.722. The van der Waals surface area contributed by atoms with Crippen LogP contribution in [0.5, 0.6) is 0 Å². The molecule has 3 aromatic rings. The van der Waals surface area contributed by atoms with Crippen LogP contribution in [0.2, 0.25) is 0 Å². The van der Waals surface area contributed by atoms with Crippen molar-refractivity contribution in [1.82, 2.24) is 19.9 Å². The van der Waals surface area contributed by atoms with E-state index in [2.05, 4.69) is 38.1 Å². The fourth-order valence-electron chi connectivity index (χ4n) is 2.78. The van der Waals surface area contributed by atoms with Gasteiger partial charge in [-0.3, -0.25) is 0 Å². The van der Waals surface area contributed by atoms with Crippen LogP contribution in [0.3, 0.4) is 0 Å². The van der Waals surface area contributed by atoms with Gasteiger partial charge in [0, 0.05) is 5.56 Å². The maximum absolute atomic E-state index is 4.55. The largest absolute Gasteiger partial charge is 0.323 e. The number of rotatable bonds is 1. The number of aromatic nitrogens is 4. The number of nitrogens with zero attached hydrogens (tertiary/aromatic N) is 3. The summed E-state index contributed by atoms with van der Waals surface area (Å²) < 4.78 is 0. The fraction of sp³-hybridized carbons (Fsp3) is 0.267. The van der Waals surface area contributed by atoms with Gasteiger partial charge in [-0.05, 0) is 42.9 Å². The molecule has 1 aliphatic rings. The summed E-state index contributed by atoms with van der Waals surface area (Å²) in [4.78, 5) is 16.0. The molecule has 0 saturated carbocycles. The number of fused-ring (bicyclic) bond motifs is 2. The second-order valence-electron chi connectivity index (χ2n) is 5.03. The minimum absolute atomic E-state index is 0.794. The van der Waals surface area contributed by atoms with Gasteiger partial charge in [0.25, 0.3) is 0 Å². The van der Waals surface area contributed by atoms with Gasteiger partial charge in [0.1, 0.15) is 17.7 Å². The predicted molar refractivity (Wildman–Crippen MR) is 73.8 cm³/mol. The Hall–Kier alpha value is -2.23. The number of benzene rings is 1. The monoisotopic (exact) mass is 250 g/mol. The zero-order valence-corrected chi connectivity index (χ0v) is 10.6. The molecule has 4 rings (SSSR count). The molecule has 0 atom stereocenters. The van der Waals surface area contributed by atoms with E-state index < -0.39 is 0 Å². The molecule has 2 aromatic heterocycles. The molecule has 1 aliphatic carbocycles. The Morgan fingerprint density at radius 1 is 1.05 bits per heavy atom. The summed E-state index contributed by atoms with van der Waals surface area (Å²) >= 11 is 0. The van der Waals surface area contributed by atoms with E-state index in [1.807, 2.05) is 0 Å².